The largest absolute Gasteiger partial charge is 0.488 e. The molecule has 0 unspecified atom stereocenters. The zero-order chi connectivity index (χ0) is 43.5. The summed E-state index contributed by atoms with van der Waals surface area (Å²) in [7, 11) is 0. The van der Waals surface area contributed by atoms with E-state index in [0.29, 0.717) is 47.1 Å². The number of piperidine rings is 2. The predicted molar refractivity (Wildman–Crippen MR) is 228 cm³/mol. The van der Waals surface area contributed by atoms with E-state index in [1.807, 2.05) is 29.2 Å². The van der Waals surface area contributed by atoms with Gasteiger partial charge in [-0.15, -0.1) is 10.2 Å². The molecule has 1 saturated carbocycles. The Morgan fingerprint density at radius 3 is 2.40 bits per heavy atom. The highest BCUT2D eigenvalue weighted by atomic mass is 19.1. The molecular weight excluding hydrogens is 792 g/mol. The monoisotopic (exact) mass is 842 g/mol. The lowest BCUT2D eigenvalue weighted by Gasteiger charge is -2.63. The van der Waals surface area contributed by atoms with Gasteiger partial charge in [0.2, 0.25) is 11.8 Å². The lowest BCUT2D eigenvalue weighted by Crippen LogP contribution is -2.74. The number of hydrogen-bond acceptors (Lipinski definition) is 12. The highest BCUT2D eigenvalue weighted by Crippen LogP contribution is 2.56. The number of pyridine rings is 1. The number of ether oxygens (including phenoxy) is 1. The third-order valence-corrected chi connectivity index (χ3v) is 13.9. The number of carbonyl (C=O) groups is 4. The van der Waals surface area contributed by atoms with Gasteiger partial charge in [0, 0.05) is 92.8 Å². The SMILES string of the molecule is CC1(C)C(NC(=O)c2ccc(N3CCC(CN4CCN(c5cc6c(cc5F)C(=O)N([C@H]5CCC(=O)NC5=O)C6)CC4)CC3)nn2)C(C)(C)C1Oc1ccc(C#N)c2ncccc12. The van der Waals surface area contributed by atoms with Crippen molar-refractivity contribution in [2.75, 3.05) is 55.6 Å². The summed E-state index contributed by atoms with van der Waals surface area (Å²) in [5.74, 6) is -0.0313. The number of aromatic nitrogens is 3. The van der Waals surface area contributed by atoms with Gasteiger partial charge in [0.1, 0.15) is 29.8 Å². The van der Waals surface area contributed by atoms with Crippen molar-refractivity contribution in [2.24, 2.45) is 16.7 Å². The molecule has 0 bridgehead atoms. The number of nitrogens with one attached hydrogen (secondary N) is 2. The summed E-state index contributed by atoms with van der Waals surface area (Å²) in [6, 6.07) is 15.2. The van der Waals surface area contributed by atoms with Crippen molar-refractivity contribution in [2.45, 2.75) is 78.1 Å². The Kier molecular flexibility index (Phi) is 10.6. The number of nitriles is 1. The number of rotatable bonds is 9. The third kappa shape index (κ3) is 7.35. The second-order valence-electron chi connectivity index (χ2n) is 18.5. The summed E-state index contributed by atoms with van der Waals surface area (Å²) in [5, 5.41) is 24.7. The van der Waals surface area contributed by atoms with Crippen LogP contribution in [-0.4, -0.2) is 113 Å². The summed E-state index contributed by atoms with van der Waals surface area (Å²) >= 11 is 0. The van der Waals surface area contributed by atoms with E-state index in [-0.39, 0.29) is 60.5 Å². The van der Waals surface area contributed by atoms with Crippen molar-refractivity contribution < 1.29 is 28.3 Å². The number of anilines is 2. The van der Waals surface area contributed by atoms with E-state index in [1.54, 1.807) is 24.4 Å². The lowest BCUT2D eigenvalue weighted by molar-refractivity contribution is -0.163. The van der Waals surface area contributed by atoms with Crippen molar-refractivity contribution in [3.05, 3.63) is 82.9 Å². The van der Waals surface area contributed by atoms with Crippen LogP contribution in [0, 0.1) is 33.9 Å². The smallest absolute Gasteiger partial charge is 0.272 e. The molecule has 4 amide bonds. The number of benzene rings is 2. The van der Waals surface area contributed by atoms with Crippen LogP contribution < -0.4 is 25.2 Å². The molecule has 15 nitrogen and oxygen atoms in total. The number of amides is 4. The molecule has 322 valence electrons. The Labute approximate surface area is 359 Å². The Balaban J connectivity index is 0.741. The quantitative estimate of drug-likeness (QED) is 0.227. The minimum absolute atomic E-state index is 0.169. The van der Waals surface area contributed by atoms with E-state index in [1.165, 1.54) is 11.0 Å². The Hall–Kier alpha value is -6.21. The molecule has 4 fully saturated rings. The number of fused-ring (bicyclic) bond motifs is 2. The van der Waals surface area contributed by atoms with Gasteiger partial charge in [-0.2, -0.15) is 5.26 Å². The maximum absolute atomic E-state index is 15.5. The summed E-state index contributed by atoms with van der Waals surface area (Å²) in [5.41, 5.74) is 1.96. The molecule has 2 aromatic carbocycles. The lowest BCUT2D eigenvalue weighted by atomic mass is 9.49. The molecule has 1 aliphatic carbocycles. The van der Waals surface area contributed by atoms with Crippen molar-refractivity contribution >= 4 is 46.0 Å². The van der Waals surface area contributed by atoms with Gasteiger partial charge < -0.3 is 24.8 Å². The number of imide groups is 1. The second kappa shape index (κ2) is 15.9. The van der Waals surface area contributed by atoms with Crippen LogP contribution in [-0.2, 0) is 16.1 Å². The molecule has 16 heteroatoms. The van der Waals surface area contributed by atoms with Gasteiger partial charge in [-0.3, -0.25) is 34.4 Å². The average Bonchev–Trinajstić information content (AvgIpc) is 3.58. The van der Waals surface area contributed by atoms with Gasteiger partial charge in [0.25, 0.3) is 11.8 Å². The fourth-order valence-corrected chi connectivity index (χ4v) is 10.8. The van der Waals surface area contributed by atoms with E-state index in [4.69, 9.17) is 4.74 Å². The topological polar surface area (TPSA) is 177 Å². The Morgan fingerprint density at radius 2 is 1.71 bits per heavy atom. The van der Waals surface area contributed by atoms with Crippen molar-refractivity contribution in [1.29, 1.82) is 5.26 Å². The minimum atomic E-state index is -0.736. The van der Waals surface area contributed by atoms with Crippen molar-refractivity contribution in [3.8, 4) is 11.8 Å². The minimum Gasteiger partial charge on any atom is -0.488 e. The van der Waals surface area contributed by atoms with Gasteiger partial charge in [-0.25, -0.2) is 4.39 Å². The van der Waals surface area contributed by atoms with Crippen molar-refractivity contribution in [1.82, 2.24) is 35.6 Å². The maximum Gasteiger partial charge on any atom is 0.272 e. The van der Waals surface area contributed by atoms with Crippen LogP contribution >= 0.6 is 0 Å². The maximum atomic E-state index is 15.5. The van der Waals surface area contributed by atoms with Crippen LogP contribution in [0.2, 0.25) is 0 Å². The highest BCUT2D eigenvalue weighted by Gasteiger charge is 2.64. The van der Waals surface area contributed by atoms with E-state index >= 15 is 4.39 Å². The molecule has 3 saturated heterocycles. The average molecular weight is 843 g/mol. The van der Waals surface area contributed by atoms with Crippen LogP contribution in [0.15, 0.2) is 54.7 Å². The Morgan fingerprint density at radius 1 is 0.952 bits per heavy atom. The molecule has 4 aliphatic heterocycles. The molecular formula is C46H51FN10O5. The Bertz CT molecular complexity index is 2470. The molecule has 5 aliphatic rings. The summed E-state index contributed by atoms with van der Waals surface area (Å²) in [6.07, 6.45) is 3.85. The molecule has 9 rings (SSSR count). The standard InChI is InChI=1S/C46H51FN10O5/c1-45(2)43(46(3,4)44(45)62-36-10-7-28(24-48)39-30(36)6-5-15-49-39)51-40(59)33-8-11-37(53-52-33)56-16-13-27(14-17-56)25-54-18-20-55(21-19-54)35-22-29-26-57(42(61)31(29)23-32(35)47)34-9-12-38(58)50-41(34)60/h5-8,10-11,15,22-23,27,34,43-44H,9,12-14,16-21,25-26H2,1-4H3,(H,51,59)(H,50,58,60)/t34-,43?,44?/m0/s1. The number of carbonyl (C=O) groups excluding carboxylic acids is 4. The molecule has 0 spiro atoms. The number of hydrogen-bond donors (Lipinski definition) is 2. The van der Waals surface area contributed by atoms with E-state index in [0.717, 1.165) is 56.8 Å². The molecule has 6 heterocycles. The highest BCUT2D eigenvalue weighted by molar-refractivity contribution is 6.05. The fourth-order valence-electron chi connectivity index (χ4n) is 10.8. The van der Waals surface area contributed by atoms with E-state index in [2.05, 4.69) is 69.4 Å². The summed E-state index contributed by atoms with van der Waals surface area (Å²) < 4.78 is 22.1. The molecule has 0 radical (unpaired) electrons. The van der Waals surface area contributed by atoms with Gasteiger partial charge in [0.05, 0.1) is 16.8 Å². The molecule has 2 N–H and O–H groups in total. The van der Waals surface area contributed by atoms with Crippen molar-refractivity contribution in [3.63, 3.8) is 0 Å². The van der Waals surface area contributed by atoms with Gasteiger partial charge >= 0.3 is 0 Å². The van der Waals surface area contributed by atoms with Crippen LogP contribution in [0.3, 0.4) is 0 Å². The first-order chi connectivity index (χ1) is 29.7. The second-order valence-corrected chi connectivity index (χ2v) is 18.5. The number of nitrogens with zero attached hydrogens (tertiary/aromatic N) is 8. The number of piperazine rings is 1. The van der Waals surface area contributed by atoms with Crippen LogP contribution in [0.4, 0.5) is 15.9 Å². The summed E-state index contributed by atoms with van der Waals surface area (Å²) in [6.45, 7) is 14.1. The molecule has 1 atom stereocenters. The third-order valence-electron chi connectivity index (χ3n) is 13.9. The van der Waals surface area contributed by atoms with Crippen LogP contribution in [0.25, 0.3) is 10.9 Å². The van der Waals surface area contributed by atoms with Crippen LogP contribution in [0.1, 0.15) is 85.4 Å². The van der Waals surface area contributed by atoms with E-state index in [9.17, 15) is 24.4 Å². The first-order valence-electron chi connectivity index (χ1n) is 21.5. The van der Waals surface area contributed by atoms with E-state index < -0.39 is 28.6 Å². The fraction of sp³-hybridized carbons (Fsp3) is 0.478. The van der Waals surface area contributed by atoms with Crippen LogP contribution in [0.5, 0.6) is 5.75 Å². The normalized spacial score (nSPS) is 23.7. The first-order valence-corrected chi connectivity index (χ1v) is 21.5. The van der Waals surface area contributed by atoms with Gasteiger partial charge in [0.15, 0.2) is 11.5 Å². The van der Waals surface area contributed by atoms with Gasteiger partial charge in [-0.1, -0.05) is 27.7 Å². The number of halogens is 1. The predicted octanol–water partition coefficient (Wildman–Crippen LogP) is 4.45. The molecule has 2 aromatic heterocycles. The first kappa shape index (κ1) is 41.2. The summed E-state index contributed by atoms with van der Waals surface area (Å²) in [4.78, 5) is 63.3. The zero-order valence-electron chi connectivity index (χ0n) is 35.5. The zero-order valence-corrected chi connectivity index (χ0v) is 35.5. The van der Waals surface area contributed by atoms with Gasteiger partial charge in [-0.05, 0) is 79.3 Å². The molecule has 4 aromatic rings. The molecule has 62 heavy (non-hydrogen) atoms.